The second-order valence-corrected chi connectivity index (χ2v) is 4.79. The van der Waals surface area contributed by atoms with Gasteiger partial charge >= 0.3 is 0 Å². The van der Waals surface area contributed by atoms with E-state index in [1.807, 2.05) is 19.1 Å². The van der Waals surface area contributed by atoms with Gasteiger partial charge in [-0.05, 0) is 50.1 Å². The van der Waals surface area contributed by atoms with E-state index in [2.05, 4.69) is 5.32 Å². The summed E-state index contributed by atoms with van der Waals surface area (Å²) in [7, 11) is 0. The highest BCUT2D eigenvalue weighted by Gasteiger charge is 2.08. The van der Waals surface area contributed by atoms with E-state index in [-0.39, 0.29) is 17.7 Å². The fourth-order valence-corrected chi connectivity index (χ4v) is 2.10. The number of halogens is 2. The maximum atomic E-state index is 13.4. The number of benzene rings is 2. The summed E-state index contributed by atoms with van der Waals surface area (Å²) in [6, 6.07) is 11.6. The Labute approximate surface area is 112 Å². The minimum absolute atomic E-state index is 0.0994. The molecule has 0 radical (unpaired) electrons. The normalized spacial score (nSPS) is 12.2. The second-order valence-electron chi connectivity index (χ2n) is 4.79. The Balaban J connectivity index is 2.05. The van der Waals surface area contributed by atoms with Crippen LogP contribution in [-0.4, -0.2) is 6.04 Å². The average molecular weight is 261 g/mol. The van der Waals surface area contributed by atoms with E-state index in [0.717, 1.165) is 11.3 Å². The largest absolute Gasteiger partial charge is 0.382 e. The van der Waals surface area contributed by atoms with Gasteiger partial charge in [0.15, 0.2) is 0 Å². The van der Waals surface area contributed by atoms with Crippen LogP contribution in [0.2, 0.25) is 0 Å². The number of rotatable bonds is 4. The van der Waals surface area contributed by atoms with Crippen LogP contribution in [0.25, 0.3) is 0 Å². The lowest BCUT2D eigenvalue weighted by Gasteiger charge is -2.17. The molecule has 3 heteroatoms. The highest BCUT2D eigenvalue weighted by Crippen LogP contribution is 2.19. The van der Waals surface area contributed by atoms with E-state index < -0.39 is 0 Å². The summed E-state index contributed by atoms with van der Waals surface area (Å²) < 4.78 is 26.5. The van der Waals surface area contributed by atoms with Gasteiger partial charge in [0.1, 0.15) is 11.6 Å². The molecule has 100 valence electrons. The van der Waals surface area contributed by atoms with Crippen molar-refractivity contribution in [2.75, 3.05) is 5.32 Å². The van der Waals surface area contributed by atoms with Crippen molar-refractivity contribution in [1.29, 1.82) is 0 Å². The highest BCUT2D eigenvalue weighted by molar-refractivity contribution is 5.51. The molecule has 0 amide bonds. The summed E-state index contributed by atoms with van der Waals surface area (Å²) in [6.45, 7) is 3.74. The lowest BCUT2D eigenvalue weighted by Crippen LogP contribution is -2.19. The monoisotopic (exact) mass is 261 g/mol. The zero-order valence-electron chi connectivity index (χ0n) is 11.1. The Morgan fingerprint density at radius 2 is 1.84 bits per heavy atom. The first-order valence-electron chi connectivity index (χ1n) is 6.32. The fourth-order valence-electron chi connectivity index (χ4n) is 2.10. The van der Waals surface area contributed by atoms with Crippen molar-refractivity contribution < 1.29 is 8.78 Å². The lowest BCUT2D eigenvalue weighted by atomic mass is 10.1. The topological polar surface area (TPSA) is 12.0 Å². The number of hydrogen-bond donors (Lipinski definition) is 1. The quantitative estimate of drug-likeness (QED) is 0.864. The Morgan fingerprint density at radius 1 is 1.11 bits per heavy atom. The summed E-state index contributed by atoms with van der Waals surface area (Å²) in [5.74, 6) is -0.449. The first-order valence-corrected chi connectivity index (χ1v) is 6.32. The molecule has 0 heterocycles. The van der Waals surface area contributed by atoms with E-state index in [0.29, 0.717) is 12.0 Å². The zero-order valence-corrected chi connectivity index (χ0v) is 11.1. The number of anilines is 1. The van der Waals surface area contributed by atoms with Gasteiger partial charge in [0, 0.05) is 17.3 Å². The number of hydrogen-bond acceptors (Lipinski definition) is 1. The molecule has 0 saturated heterocycles. The summed E-state index contributed by atoms with van der Waals surface area (Å²) in [5, 5.41) is 3.26. The maximum absolute atomic E-state index is 13.4. The van der Waals surface area contributed by atoms with E-state index in [9.17, 15) is 8.78 Å². The molecule has 0 saturated carbocycles. The minimum Gasteiger partial charge on any atom is -0.382 e. The Kier molecular flexibility index (Phi) is 4.15. The predicted molar refractivity (Wildman–Crippen MR) is 74.3 cm³/mol. The van der Waals surface area contributed by atoms with Crippen molar-refractivity contribution in [3.05, 3.63) is 65.2 Å². The summed E-state index contributed by atoms with van der Waals surface area (Å²) in [4.78, 5) is 0. The lowest BCUT2D eigenvalue weighted by molar-refractivity contribution is 0.618. The first kappa shape index (κ1) is 13.5. The van der Waals surface area contributed by atoms with E-state index in [4.69, 9.17) is 0 Å². The van der Waals surface area contributed by atoms with Gasteiger partial charge in [0.2, 0.25) is 0 Å². The maximum Gasteiger partial charge on any atom is 0.128 e. The standard InChI is InChI=1S/C16H17F2N/c1-11(9-13-5-3-6-14(17)10-13)19-16-8-4-7-15(18)12(16)2/h3-8,10-11,19H,9H2,1-2H3. The molecular weight excluding hydrogens is 244 g/mol. The molecule has 1 nitrogen and oxygen atoms in total. The molecule has 2 rings (SSSR count). The van der Waals surface area contributed by atoms with Gasteiger partial charge in [-0.2, -0.15) is 0 Å². The van der Waals surface area contributed by atoms with E-state index >= 15 is 0 Å². The van der Waals surface area contributed by atoms with Crippen molar-refractivity contribution >= 4 is 5.69 Å². The molecular formula is C16H17F2N. The van der Waals surface area contributed by atoms with Crippen molar-refractivity contribution in [2.45, 2.75) is 26.3 Å². The highest BCUT2D eigenvalue weighted by atomic mass is 19.1. The third-order valence-corrected chi connectivity index (χ3v) is 3.10. The summed E-state index contributed by atoms with van der Waals surface area (Å²) in [5.41, 5.74) is 2.31. The smallest absolute Gasteiger partial charge is 0.128 e. The van der Waals surface area contributed by atoms with Crippen LogP contribution >= 0.6 is 0 Å². The van der Waals surface area contributed by atoms with Crippen molar-refractivity contribution in [3.8, 4) is 0 Å². The average Bonchev–Trinajstić information content (AvgIpc) is 2.35. The molecule has 1 atom stereocenters. The summed E-state index contributed by atoms with van der Waals surface area (Å²) in [6.07, 6.45) is 0.688. The van der Waals surface area contributed by atoms with E-state index in [1.165, 1.54) is 18.2 Å². The molecule has 2 aromatic rings. The third kappa shape index (κ3) is 3.53. The third-order valence-electron chi connectivity index (χ3n) is 3.10. The van der Waals surface area contributed by atoms with Crippen molar-refractivity contribution in [3.63, 3.8) is 0 Å². The van der Waals surface area contributed by atoms with Crippen molar-refractivity contribution in [2.24, 2.45) is 0 Å². The molecule has 0 fully saturated rings. The molecule has 19 heavy (non-hydrogen) atoms. The number of nitrogens with one attached hydrogen (secondary N) is 1. The first-order chi connectivity index (χ1) is 9.06. The molecule has 0 aliphatic rings. The van der Waals surface area contributed by atoms with Gasteiger partial charge in [0.25, 0.3) is 0 Å². The predicted octanol–water partition coefficient (Wildman–Crippen LogP) is 4.32. The molecule has 2 aromatic carbocycles. The van der Waals surface area contributed by atoms with Crippen LogP contribution in [0, 0.1) is 18.6 Å². The van der Waals surface area contributed by atoms with Crippen LogP contribution in [0.5, 0.6) is 0 Å². The molecule has 0 aromatic heterocycles. The van der Waals surface area contributed by atoms with Gasteiger partial charge in [-0.1, -0.05) is 18.2 Å². The summed E-state index contributed by atoms with van der Waals surface area (Å²) >= 11 is 0. The van der Waals surface area contributed by atoms with Gasteiger partial charge < -0.3 is 5.32 Å². The van der Waals surface area contributed by atoms with E-state index in [1.54, 1.807) is 19.1 Å². The van der Waals surface area contributed by atoms with Gasteiger partial charge in [-0.3, -0.25) is 0 Å². The SMILES string of the molecule is Cc1c(F)cccc1NC(C)Cc1cccc(F)c1. The molecule has 0 aliphatic carbocycles. The Bertz CT molecular complexity index is 566. The zero-order chi connectivity index (χ0) is 13.8. The van der Waals surface area contributed by atoms with Crippen LogP contribution in [0.4, 0.5) is 14.5 Å². The van der Waals surface area contributed by atoms with Gasteiger partial charge in [-0.15, -0.1) is 0 Å². The van der Waals surface area contributed by atoms with Gasteiger partial charge in [0.05, 0.1) is 0 Å². The Hall–Kier alpha value is -1.90. The molecule has 0 aliphatic heterocycles. The molecule has 1 N–H and O–H groups in total. The van der Waals surface area contributed by atoms with Crippen LogP contribution in [-0.2, 0) is 6.42 Å². The second kappa shape index (κ2) is 5.83. The molecule has 0 spiro atoms. The van der Waals surface area contributed by atoms with Crippen LogP contribution in [0.3, 0.4) is 0 Å². The molecule has 0 bridgehead atoms. The molecule has 1 unspecified atom stereocenters. The van der Waals surface area contributed by atoms with Crippen LogP contribution < -0.4 is 5.32 Å². The van der Waals surface area contributed by atoms with Crippen molar-refractivity contribution in [1.82, 2.24) is 0 Å². The van der Waals surface area contributed by atoms with Crippen LogP contribution in [0.1, 0.15) is 18.1 Å². The van der Waals surface area contributed by atoms with Gasteiger partial charge in [-0.25, -0.2) is 8.78 Å². The van der Waals surface area contributed by atoms with Crippen LogP contribution in [0.15, 0.2) is 42.5 Å². The minimum atomic E-state index is -0.230. The Morgan fingerprint density at radius 3 is 2.58 bits per heavy atom. The fraction of sp³-hybridized carbons (Fsp3) is 0.250.